The molecule has 0 aromatic carbocycles. The Balaban J connectivity index is 2.05. The largest absolute Gasteiger partial charge is 0.370 e. The smallest absolute Gasteiger partial charge is 0.134 e. The highest BCUT2D eigenvalue weighted by molar-refractivity contribution is 5.49. The average molecular weight is 263 g/mol. The molecule has 1 aliphatic heterocycles. The lowest BCUT2D eigenvalue weighted by Gasteiger charge is -2.32. The van der Waals surface area contributed by atoms with E-state index in [1.54, 1.807) is 0 Å². The highest BCUT2D eigenvalue weighted by atomic mass is 15.2. The van der Waals surface area contributed by atoms with Crippen molar-refractivity contribution in [2.24, 2.45) is 0 Å². The van der Waals surface area contributed by atoms with Gasteiger partial charge in [0.05, 0.1) is 0 Å². The second kappa shape index (κ2) is 6.70. The molecule has 1 saturated heterocycles. The third-order valence-corrected chi connectivity index (χ3v) is 3.61. The summed E-state index contributed by atoms with van der Waals surface area (Å²) in [5, 5.41) is 6.70. The fraction of sp³-hybridized carbons (Fsp3) is 0.714. The molecule has 0 saturated carbocycles. The van der Waals surface area contributed by atoms with E-state index < -0.39 is 0 Å². The highest BCUT2D eigenvalue weighted by Crippen LogP contribution is 2.20. The SMILES string of the molecule is CCCNc1cc(N2CCC(NC)CC2)nc(C)n1. The minimum atomic E-state index is 0.650. The first kappa shape index (κ1) is 14.1. The lowest BCUT2D eigenvalue weighted by molar-refractivity contribution is 0.440. The molecule has 0 atom stereocenters. The Morgan fingerprint density at radius 2 is 2.05 bits per heavy atom. The van der Waals surface area contributed by atoms with Crippen molar-refractivity contribution in [1.29, 1.82) is 0 Å². The third-order valence-electron chi connectivity index (χ3n) is 3.61. The maximum Gasteiger partial charge on any atom is 0.134 e. The summed E-state index contributed by atoms with van der Waals surface area (Å²) < 4.78 is 0. The van der Waals surface area contributed by atoms with Gasteiger partial charge >= 0.3 is 0 Å². The third kappa shape index (κ3) is 3.80. The van der Waals surface area contributed by atoms with Gasteiger partial charge in [0.15, 0.2) is 0 Å². The molecule has 1 aromatic heterocycles. The van der Waals surface area contributed by atoms with Crippen molar-refractivity contribution in [3.05, 3.63) is 11.9 Å². The first-order valence-corrected chi connectivity index (χ1v) is 7.24. The second-order valence-corrected chi connectivity index (χ2v) is 5.14. The number of anilines is 2. The van der Waals surface area contributed by atoms with Crippen molar-refractivity contribution >= 4 is 11.6 Å². The van der Waals surface area contributed by atoms with Crippen LogP contribution in [0.2, 0.25) is 0 Å². The lowest BCUT2D eigenvalue weighted by atomic mass is 10.1. The maximum atomic E-state index is 4.57. The van der Waals surface area contributed by atoms with Crippen LogP contribution < -0.4 is 15.5 Å². The minimum Gasteiger partial charge on any atom is -0.370 e. The van der Waals surface area contributed by atoms with E-state index in [1.807, 2.05) is 14.0 Å². The standard InChI is InChI=1S/C14H25N5/c1-4-7-16-13-10-14(18-11(2)17-13)19-8-5-12(15-3)6-9-19/h10,12,15H,4-9H2,1-3H3,(H,16,17,18). The molecule has 1 aliphatic rings. The molecule has 0 spiro atoms. The van der Waals surface area contributed by atoms with E-state index in [2.05, 4.69) is 38.5 Å². The van der Waals surface area contributed by atoms with Gasteiger partial charge in [-0.15, -0.1) is 0 Å². The van der Waals surface area contributed by atoms with Gasteiger partial charge in [-0.1, -0.05) is 6.92 Å². The van der Waals surface area contributed by atoms with Crippen molar-refractivity contribution in [2.45, 2.75) is 39.2 Å². The molecular formula is C14H25N5. The van der Waals surface area contributed by atoms with Crippen LogP contribution in [0.1, 0.15) is 32.0 Å². The number of aryl methyl sites for hydroxylation is 1. The summed E-state index contributed by atoms with van der Waals surface area (Å²) in [6.45, 7) is 7.20. The quantitative estimate of drug-likeness (QED) is 0.848. The zero-order valence-corrected chi connectivity index (χ0v) is 12.2. The molecule has 0 radical (unpaired) electrons. The number of piperidine rings is 1. The van der Waals surface area contributed by atoms with Crippen LogP contribution in [0.15, 0.2) is 6.07 Å². The molecule has 5 heteroatoms. The van der Waals surface area contributed by atoms with Crippen molar-refractivity contribution in [3.8, 4) is 0 Å². The summed E-state index contributed by atoms with van der Waals surface area (Å²) in [7, 11) is 2.04. The number of nitrogens with one attached hydrogen (secondary N) is 2. The molecule has 2 heterocycles. The van der Waals surface area contributed by atoms with E-state index in [0.717, 1.165) is 43.5 Å². The summed E-state index contributed by atoms with van der Waals surface area (Å²) in [6.07, 6.45) is 3.46. The van der Waals surface area contributed by atoms with E-state index in [-0.39, 0.29) is 0 Å². The predicted molar refractivity (Wildman–Crippen MR) is 79.8 cm³/mol. The zero-order chi connectivity index (χ0) is 13.7. The van der Waals surface area contributed by atoms with Gasteiger partial charge in [-0.2, -0.15) is 0 Å². The number of hydrogen-bond acceptors (Lipinski definition) is 5. The van der Waals surface area contributed by atoms with Crippen LogP contribution >= 0.6 is 0 Å². The molecule has 19 heavy (non-hydrogen) atoms. The monoisotopic (exact) mass is 263 g/mol. The molecular weight excluding hydrogens is 238 g/mol. The molecule has 1 fully saturated rings. The van der Waals surface area contributed by atoms with Crippen molar-refractivity contribution < 1.29 is 0 Å². The van der Waals surface area contributed by atoms with Crippen molar-refractivity contribution in [3.63, 3.8) is 0 Å². The molecule has 0 amide bonds. The van der Waals surface area contributed by atoms with Gasteiger partial charge in [0, 0.05) is 31.7 Å². The van der Waals surface area contributed by atoms with Gasteiger partial charge in [-0.25, -0.2) is 9.97 Å². The van der Waals surface area contributed by atoms with Gasteiger partial charge < -0.3 is 15.5 Å². The Bertz CT molecular complexity index is 399. The van der Waals surface area contributed by atoms with Gasteiger partial charge in [0.2, 0.25) is 0 Å². The van der Waals surface area contributed by atoms with Crippen LogP contribution in [0.3, 0.4) is 0 Å². The predicted octanol–water partition coefficient (Wildman–Crippen LogP) is 1.80. The van der Waals surface area contributed by atoms with Crippen LogP contribution in [-0.2, 0) is 0 Å². The summed E-state index contributed by atoms with van der Waals surface area (Å²) in [4.78, 5) is 11.4. The first-order valence-electron chi connectivity index (χ1n) is 7.24. The summed E-state index contributed by atoms with van der Waals surface area (Å²) >= 11 is 0. The zero-order valence-electron chi connectivity index (χ0n) is 12.2. The van der Waals surface area contributed by atoms with Gasteiger partial charge in [0.1, 0.15) is 17.5 Å². The molecule has 0 unspecified atom stereocenters. The number of hydrogen-bond donors (Lipinski definition) is 2. The van der Waals surface area contributed by atoms with E-state index in [1.165, 1.54) is 12.8 Å². The van der Waals surface area contributed by atoms with Crippen LogP contribution in [-0.4, -0.2) is 42.7 Å². The fourth-order valence-corrected chi connectivity index (χ4v) is 2.45. The van der Waals surface area contributed by atoms with Gasteiger partial charge in [-0.3, -0.25) is 0 Å². The highest BCUT2D eigenvalue weighted by Gasteiger charge is 2.19. The van der Waals surface area contributed by atoms with Crippen LogP contribution in [0.25, 0.3) is 0 Å². The van der Waals surface area contributed by atoms with E-state index >= 15 is 0 Å². The normalized spacial score (nSPS) is 16.7. The lowest BCUT2D eigenvalue weighted by Crippen LogP contribution is -2.41. The van der Waals surface area contributed by atoms with E-state index in [0.29, 0.717) is 6.04 Å². The Morgan fingerprint density at radius 1 is 1.32 bits per heavy atom. The Morgan fingerprint density at radius 3 is 2.68 bits per heavy atom. The van der Waals surface area contributed by atoms with E-state index in [4.69, 9.17) is 0 Å². The molecule has 1 aromatic rings. The summed E-state index contributed by atoms with van der Waals surface area (Å²) in [6, 6.07) is 2.72. The molecule has 0 aliphatic carbocycles. The van der Waals surface area contributed by atoms with Crippen molar-refractivity contribution in [1.82, 2.24) is 15.3 Å². The molecule has 106 valence electrons. The summed E-state index contributed by atoms with van der Waals surface area (Å²) in [5.41, 5.74) is 0. The van der Waals surface area contributed by atoms with Crippen LogP contribution in [0.4, 0.5) is 11.6 Å². The fourth-order valence-electron chi connectivity index (χ4n) is 2.45. The van der Waals surface area contributed by atoms with Gasteiger partial charge in [-0.05, 0) is 33.2 Å². The van der Waals surface area contributed by atoms with Gasteiger partial charge in [0.25, 0.3) is 0 Å². The maximum absolute atomic E-state index is 4.57. The molecule has 2 rings (SSSR count). The average Bonchev–Trinajstić information content (AvgIpc) is 2.44. The van der Waals surface area contributed by atoms with Crippen LogP contribution in [0.5, 0.6) is 0 Å². The number of rotatable bonds is 5. The molecule has 0 bridgehead atoms. The topological polar surface area (TPSA) is 53.1 Å². The van der Waals surface area contributed by atoms with Crippen molar-refractivity contribution in [2.75, 3.05) is 36.9 Å². The van der Waals surface area contributed by atoms with Crippen LogP contribution in [0, 0.1) is 6.92 Å². The van der Waals surface area contributed by atoms with E-state index in [9.17, 15) is 0 Å². The molecule has 2 N–H and O–H groups in total. The summed E-state index contributed by atoms with van der Waals surface area (Å²) in [5.74, 6) is 2.84. The Labute approximate surface area is 115 Å². The number of aromatic nitrogens is 2. The molecule has 5 nitrogen and oxygen atoms in total. The Kier molecular flexibility index (Phi) is 4.96. The number of nitrogens with zero attached hydrogens (tertiary/aromatic N) is 3. The minimum absolute atomic E-state index is 0.650. The second-order valence-electron chi connectivity index (χ2n) is 5.14. The first-order chi connectivity index (χ1) is 9.22. The Hall–Kier alpha value is -1.36.